The van der Waals surface area contributed by atoms with Gasteiger partial charge in [-0.3, -0.25) is 4.79 Å². The second-order valence-corrected chi connectivity index (χ2v) is 6.62. The molecule has 6 heteroatoms. The third kappa shape index (κ3) is 3.79. The number of para-hydroxylation sites is 3. The Balaban J connectivity index is 1.49. The summed E-state index contributed by atoms with van der Waals surface area (Å²) >= 11 is 0. The number of benzene rings is 2. The molecule has 2 heterocycles. The number of nitrogens with zero attached hydrogens (tertiary/aromatic N) is 1. The summed E-state index contributed by atoms with van der Waals surface area (Å²) in [6.07, 6.45) is 3.89. The van der Waals surface area contributed by atoms with E-state index in [-0.39, 0.29) is 18.5 Å². The first-order valence-corrected chi connectivity index (χ1v) is 9.09. The smallest absolute Gasteiger partial charge is 0.321 e. The van der Waals surface area contributed by atoms with Gasteiger partial charge in [-0.2, -0.15) is 0 Å². The van der Waals surface area contributed by atoms with Crippen molar-refractivity contribution < 1.29 is 14.3 Å². The minimum atomic E-state index is -0.243. The number of fused-ring (bicyclic) bond motifs is 1. The average Bonchev–Trinajstić information content (AvgIpc) is 3.24. The lowest BCUT2D eigenvalue weighted by Crippen LogP contribution is -2.32. The predicted octanol–water partition coefficient (Wildman–Crippen LogP) is 3.73. The Kier molecular flexibility index (Phi) is 4.78. The highest BCUT2D eigenvalue weighted by Crippen LogP contribution is 2.27. The third-order valence-electron chi connectivity index (χ3n) is 4.73. The van der Waals surface area contributed by atoms with Crippen LogP contribution in [0.5, 0.6) is 5.75 Å². The molecule has 4 rings (SSSR count). The molecular formula is C21H21N3O3. The number of amides is 3. The molecule has 0 radical (unpaired) electrons. The molecule has 0 saturated carbocycles. The SMILES string of the molecule is O=C(Nc1ccccc1NC(=O)N1CCCC1)C1=Cc2ccccc2OC1. The predicted molar refractivity (Wildman–Crippen MR) is 105 cm³/mol. The first-order chi connectivity index (χ1) is 13.2. The zero-order chi connectivity index (χ0) is 18.6. The number of carbonyl (C=O) groups excluding carboxylic acids is 2. The Hall–Kier alpha value is -3.28. The maximum absolute atomic E-state index is 12.7. The van der Waals surface area contributed by atoms with Crippen molar-refractivity contribution in [3.63, 3.8) is 0 Å². The highest BCUT2D eigenvalue weighted by molar-refractivity contribution is 6.09. The summed E-state index contributed by atoms with van der Waals surface area (Å²) < 4.78 is 5.65. The van der Waals surface area contributed by atoms with Crippen LogP contribution in [0.25, 0.3) is 6.08 Å². The number of likely N-dealkylation sites (tertiary alicyclic amines) is 1. The van der Waals surface area contributed by atoms with E-state index in [0.29, 0.717) is 16.9 Å². The van der Waals surface area contributed by atoms with Crippen molar-refractivity contribution >= 4 is 29.4 Å². The number of carbonyl (C=O) groups is 2. The van der Waals surface area contributed by atoms with Crippen molar-refractivity contribution in [1.29, 1.82) is 0 Å². The molecule has 138 valence electrons. The second kappa shape index (κ2) is 7.53. The molecule has 2 aromatic carbocycles. The number of hydrogen-bond donors (Lipinski definition) is 2. The summed E-state index contributed by atoms with van der Waals surface area (Å²) in [4.78, 5) is 26.8. The van der Waals surface area contributed by atoms with Crippen LogP contribution >= 0.6 is 0 Å². The molecule has 0 unspecified atom stereocenters. The normalized spacial score (nSPS) is 15.4. The number of anilines is 2. The number of ether oxygens (including phenoxy) is 1. The Morgan fingerprint density at radius 3 is 2.33 bits per heavy atom. The Morgan fingerprint density at radius 1 is 0.889 bits per heavy atom. The highest BCUT2D eigenvalue weighted by atomic mass is 16.5. The zero-order valence-electron chi connectivity index (χ0n) is 14.9. The second-order valence-electron chi connectivity index (χ2n) is 6.62. The third-order valence-corrected chi connectivity index (χ3v) is 4.73. The van der Waals surface area contributed by atoms with Crippen LogP contribution in [0.3, 0.4) is 0 Å². The first kappa shape index (κ1) is 17.1. The average molecular weight is 363 g/mol. The quantitative estimate of drug-likeness (QED) is 0.873. The van der Waals surface area contributed by atoms with Gasteiger partial charge in [0.15, 0.2) is 0 Å². The molecule has 0 bridgehead atoms. The van der Waals surface area contributed by atoms with Crippen molar-refractivity contribution in [3.05, 3.63) is 59.7 Å². The molecule has 1 fully saturated rings. The van der Waals surface area contributed by atoms with Gasteiger partial charge in [0.05, 0.1) is 16.9 Å². The van der Waals surface area contributed by atoms with E-state index < -0.39 is 0 Å². The summed E-state index contributed by atoms with van der Waals surface area (Å²) in [5, 5.41) is 5.78. The van der Waals surface area contributed by atoms with Gasteiger partial charge in [-0.05, 0) is 37.1 Å². The minimum absolute atomic E-state index is 0.136. The van der Waals surface area contributed by atoms with Gasteiger partial charge in [0.25, 0.3) is 5.91 Å². The van der Waals surface area contributed by atoms with Gasteiger partial charge in [0, 0.05) is 18.7 Å². The van der Waals surface area contributed by atoms with Crippen LogP contribution in [0.4, 0.5) is 16.2 Å². The number of hydrogen-bond acceptors (Lipinski definition) is 3. The zero-order valence-corrected chi connectivity index (χ0v) is 14.9. The molecule has 6 nitrogen and oxygen atoms in total. The standard InChI is InChI=1S/C21H21N3O3/c25-20(16-13-15-7-1-4-10-19(15)27-14-16)22-17-8-2-3-9-18(17)23-21(26)24-11-5-6-12-24/h1-4,7-10,13H,5-6,11-12,14H2,(H,22,25)(H,23,26). The topological polar surface area (TPSA) is 70.7 Å². The molecule has 2 aliphatic rings. The lowest BCUT2D eigenvalue weighted by Gasteiger charge is -2.20. The van der Waals surface area contributed by atoms with Gasteiger partial charge in [-0.1, -0.05) is 30.3 Å². The first-order valence-electron chi connectivity index (χ1n) is 9.09. The van der Waals surface area contributed by atoms with Gasteiger partial charge in [0.1, 0.15) is 12.4 Å². The van der Waals surface area contributed by atoms with E-state index in [9.17, 15) is 9.59 Å². The summed E-state index contributed by atoms with van der Waals surface area (Å²) in [6.45, 7) is 1.75. The summed E-state index contributed by atoms with van der Waals surface area (Å²) in [6, 6.07) is 14.7. The van der Waals surface area contributed by atoms with E-state index in [1.54, 1.807) is 17.0 Å². The van der Waals surface area contributed by atoms with E-state index in [2.05, 4.69) is 10.6 Å². The largest absolute Gasteiger partial charge is 0.488 e. The molecule has 0 spiro atoms. The maximum Gasteiger partial charge on any atom is 0.321 e. The molecule has 2 N–H and O–H groups in total. The Morgan fingerprint density at radius 2 is 1.56 bits per heavy atom. The van der Waals surface area contributed by atoms with Crippen LogP contribution in [0.1, 0.15) is 18.4 Å². The van der Waals surface area contributed by atoms with Crippen molar-refractivity contribution in [1.82, 2.24) is 4.90 Å². The fraction of sp³-hybridized carbons (Fsp3) is 0.238. The lowest BCUT2D eigenvalue weighted by molar-refractivity contribution is -0.113. The van der Waals surface area contributed by atoms with Gasteiger partial charge >= 0.3 is 6.03 Å². The molecule has 0 aromatic heterocycles. The van der Waals surface area contributed by atoms with Gasteiger partial charge < -0.3 is 20.3 Å². The monoisotopic (exact) mass is 363 g/mol. The van der Waals surface area contributed by atoms with Crippen molar-refractivity contribution in [2.75, 3.05) is 30.3 Å². The van der Waals surface area contributed by atoms with E-state index in [1.165, 1.54) is 0 Å². The molecule has 2 aromatic rings. The number of rotatable bonds is 3. The van der Waals surface area contributed by atoms with Crippen LogP contribution in [-0.2, 0) is 4.79 Å². The fourth-order valence-electron chi connectivity index (χ4n) is 3.27. The minimum Gasteiger partial charge on any atom is -0.488 e. The molecule has 2 aliphatic heterocycles. The van der Waals surface area contributed by atoms with Crippen LogP contribution in [-0.4, -0.2) is 36.5 Å². The summed E-state index contributed by atoms with van der Waals surface area (Å²) in [7, 11) is 0. The Bertz CT molecular complexity index is 901. The van der Waals surface area contributed by atoms with E-state index >= 15 is 0 Å². The van der Waals surface area contributed by atoms with Crippen LogP contribution in [0.15, 0.2) is 54.1 Å². The fourth-order valence-corrected chi connectivity index (χ4v) is 3.27. The molecular weight excluding hydrogens is 342 g/mol. The van der Waals surface area contributed by atoms with Crippen molar-refractivity contribution in [2.45, 2.75) is 12.8 Å². The molecule has 1 saturated heterocycles. The molecule has 3 amide bonds. The summed E-state index contributed by atoms with van der Waals surface area (Å²) in [5.74, 6) is 0.528. The number of urea groups is 1. The molecule has 0 aliphatic carbocycles. The van der Waals surface area contributed by atoms with Gasteiger partial charge in [0.2, 0.25) is 0 Å². The van der Waals surface area contributed by atoms with E-state index in [0.717, 1.165) is 37.2 Å². The Labute approximate surface area is 157 Å². The van der Waals surface area contributed by atoms with E-state index in [4.69, 9.17) is 4.74 Å². The van der Waals surface area contributed by atoms with Crippen LogP contribution < -0.4 is 15.4 Å². The maximum atomic E-state index is 12.7. The molecule has 27 heavy (non-hydrogen) atoms. The van der Waals surface area contributed by atoms with Gasteiger partial charge in [-0.25, -0.2) is 4.79 Å². The number of nitrogens with one attached hydrogen (secondary N) is 2. The van der Waals surface area contributed by atoms with Gasteiger partial charge in [-0.15, -0.1) is 0 Å². The molecule has 0 atom stereocenters. The van der Waals surface area contributed by atoms with Crippen molar-refractivity contribution in [3.8, 4) is 5.75 Å². The lowest BCUT2D eigenvalue weighted by atomic mass is 10.1. The summed E-state index contributed by atoms with van der Waals surface area (Å²) in [5.41, 5.74) is 2.56. The van der Waals surface area contributed by atoms with Crippen molar-refractivity contribution in [2.24, 2.45) is 0 Å². The van der Waals surface area contributed by atoms with E-state index in [1.807, 2.05) is 42.5 Å². The van der Waals surface area contributed by atoms with Crippen LogP contribution in [0.2, 0.25) is 0 Å². The highest BCUT2D eigenvalue weighted by Gasteiger charge is 2.20. The van der Waals surface area contributed by atoms with Crippen LogP contribution in [0, 0.1) is 0 Å².